The molecule has 0 heterocycles. The lowest BCUT2D eigenvalue weighted by atomic mass is 9.96. The summed E-state index contributed by atoms with van der Waals surface area (Å²) >= 11 is 6.42. The molecule has 0 spiro atoms. The van der Waals surface area contributed by atoms with Crippen LogP contribution in [-0.4, -0.2) is 29.9 Å². The Hall–Kier alpha value is -3.35. The monoisotopic (exact) mass is 437 g/mol. The lowest BCUT2D eigenvalue weighted by Gasteiger charge is -2.12. The topological polar surface area (TPSA) is 104 Å². The van der Waals surface area contributed by atoms with Crippen molar-refractivity contribution in [2.45, 2.75) is 13.3 Å². The third-order valence-corrected chi connectivity index (χ3v) is 5.13. The summed E-state index contributed by atoms with van der Waals surface area (Å²) in [4.78, 5) is 25.5. The molecule has 31 heavy (non-hydrogen) atoms. The van der Waals surface area contributed by atoms with Crippen LogP contribution in [0.4, 0.5) is 17.1 Å². The van der Waals surface area contributed by atoms with E-state index >= 15 is 0 Å². The van der Waals surface area contributed by atoms with Crippen LogP contribution in [0.3, 0.4) is 0 Å². The van der Waals surface area contributed by atoms with E-state index in [9.17, 15) is 9.59 Å². The minimum absolute atomic E-state index is 0.00185. The molecule has 3 rings (SSSR count). The van der Waals surface area contributed by atoms with Gasteiger partial charge in [-0.3, -0.25) is 9.59 Å². The molecule has 0 saturated carbocycles. The summed E-state index contributed by atoms with van der Waals surface area (Å²) in [5.41, 5.74) is 9.87. The van der Waals surface area contributed by atoms with Crippen LogP contribution in [0.15, 0.2) is 60.7 Å². The number of nitrogens with two attached hydrogens (primary N) is 1. The number of rotatable bonds is 8. The SMILES string of the molecule is Cc1ccc(C(=O)NCCCO)cc1C(=O)c1ccc(Nc2ccccc2N)cc1Cl. The molecule has 5 N–H and O–H groups in total. The predicted molar refractivity (Wildman–Crippen MR) is 124 cm³/mol. The first-order valence-electron chi connectivity index (χ1n) is 9.86. The summed E-state index contributed by atoms with van der Waals surface area (Å²) in [6, 6.07) is 17.4. The second-order valence-corrected chi connectivity index (χ2v) is 7.51. The van der Waals surface area contributed by atoms with Crippen LogP contribution in [-0.2, 0) is 0 Å². The van der Waals surface area contributed by atoms with Crippen LogP contribution < -0.4 is 16.4 Å². The van der Waals surface area contributed by atoms with Gasteiger partial charge in [-0.2, -0.15) is 0 Å². The Balaban J connectivity index is 1.83. The second kappa shape index (κ2) is 10.1. The summed E-state index contributed by atoms with van der Waals surface area (Å²) in [6.45, 7) is 2.17. The zero-order valence-electron chi connectivity index (χ0n) is 17.1. The number of aliphatic hydroxyl groups is 1. The van der Waals surface area contributed by atoms with Gasteiger partial charge < -0.3 is 21.5 Å². The first-order chi connectivity index (χ1) is 14.9. The van der Waals surface area contributed by atoms with Crippen molar-refractivity contribution in [3.63, 3.8) is 0 Å². The normalized spacial score (nSPS) is 10.5. The first kappa shape index (κ1) is 22.3. The molecule has 0 atom stereocenters. The minimum atomic E-state index is -0.298. The summed E-state index contributed by atoms with van der Waals surface area (Å²) in [5, 5.41) is 15.0. The lowest BCUT2D eigenvalue weighted by Crippen LogP contribution is -2.25. The van der Waals surface area contributed by atoms with Crippen molar-refractivity contribution in [2.75, 3.05) is 24.2 Å². The fourth-order valence-corrected chi connectivity index (χ4v) is 3.35. The van der Waals surface area contributed by atoms with E-state index in [0.29, 0.717) is 46.1 Å². The molecular formula is C24H24ClN3O3. The molecule has 3 aromatic rings. The van der Waals surface area contributed by atoms with E-state index < -0.39 is 0 Å². The summed E-state index contributed by atoms with van der Waals surface area (Å²) in [5.74, 6) is -0.563. The van der Waals surface area contributed by atoms with Gasteiger partial charge in [-0.05, 0) is 61.4 Å². The van der Waals surface area contributed by atoms with Crippen LogP contribution in [0.5, 0.6) is 0 Å². The highest BCUT2D eigenvalue weighted by atomic mass is 35.5. The molecule has 0 aromatic heterocycles. The van der Waals surface area contributed by atoms with Crippen molar-refractivity contribution in [1.29, 1.82) is 0 Å². The van der Waals surface area contributed by atoms with Gasteiger partial charge in [0.1, 0.15) is 0 Å². The van der Waals surface area contributed by atoms with Crippen LogP contribution in [0.2, 0.25) is 5.02 Å². The number of carbonyl (C=O) groups excluding carboxylic acids is 2. The Labute approximate surface area is 186 Å². The largest absolute Gasteiger partial charge is 0.397 e. The van der Waals surface area contributed by atoms with Gasteiger partial charge in [-0.1, -0.05) is 29.8 Å². The maximum absolute atomic E-state index is 13.2. The third kappa shape index (κ3) is 5.42. The average Bonchev–Trinajstić information content (AvgIpc) is 2.75. The molecule has 3 aromatic carbocycles. The minimum Gasteiger partial charge on any atom is -0.397 e. The Bertz CT molecular complexity index is 1110. The molecule has 0 aliphatic heterocycles. The highest BCUT2D eigenvalue weighted by molar-refractivity contribution is 6.35. The zero-order valence-corrected chi connectivity index (χ0v) is 17.9. The predicted octanol–water partition coefficient (Wildman–Crippen LogP) is 4.32. The number of aliphatic hydroxyl groups excluding tert-OH is 1. The van der Waals surface area contributed by atoms with Gasteiger partial charge in [-0.25, -0.2) is 0 Å². The number of aryl methyl sites for hydroxylation is 1. The van der Waals surface area contributed by atoms with E-state index in [-0.39, 0.29) is 18.3 Å². The second-order valence-electron chi connectivity index (χ2n) is 7.10. The molecule has 7 heteroatoms. The van der Waals surface area contributed by atoms with Gasteiger partial charge in [0.25, 0.3) is 5.91 Å². The van der Waals surface area contributed by atoms with Gasteiger partial charge in [-0.15, -0.1) is 0 Å². The van der Waals surface area contributed by atoms with Gasteiger partial charge >= 0.3 is 0 Å². The van der Waals surface area contributed by atoms with Gasteiger partial charge in [0, 0.05) is 35.5 Å². The Kier molecular flexibility index (Phi) is 7.28. The molecule has 0 aliphatic rings. The van der Waals surface area contributed by atoms with Gasteiger partial charge in [0.05, 0.1) is 16.4 Å². The van der Waals surface area contributed by atoms with Crippen molar-refractivity contribution >= 4 is 40.4 Å². The number of amides is 1. The molecule has 0 saturated heterocycles. The maximum atomic E-state index is 13.2. The van der Waals surface area contributed by atoms with E-state index in [4.69, 9.17) is 22.4 Å². The van der Waals surface area contributed by atoms with Crippen molar-refractivity contribution in [3.05, 3.63) is 87.9 Å². The molecule has 0 unspecified atom stereocenters. The molecule has 0 radical (unpaired) electrons. The average molecular weight is 438 g/mol. The number of carbonyl (C=O) groups is 2. The third-order valence-electron chi connectivity index (χ3n) is 4.82. The summed E-state index contributed by atoms with van der Waals surface area (Å²) < 4.78 is 0. The Morgan fingerprint density at radius 2 is 1.81 bits per heavy atom. The molecule has 0 fully saturated rings. The zero-order chi connectivity index (χ0) is 22.4. The Morgan fingerprint density at radius 3 is 2.52 bits per heavy atom. The number of hydrogen-bond acceptors (Lipinski definition) is 5. The van der Waals surface area contributed by atoms with Crippen LogP contribution in [0.25, 0.3) is 0 Å². The number of nitrogens with one attached hydrogen (secondary N) is 2. The summed E-state index contributed by atoms with van der Waals surface area (Å²) in [6.07, 6.45) is 0.466. The van der Waals surface area contributed by atoms with Crippen molar-refractivity contribution in [2.24, 2.45) is 0 Å². The number of nitrogen functional groups attached to an aromatic ring is 1. The summed E-state index contributed by atoms with van der Waals surface area (Å²) in [7, 11) is 0. The molecule has 160 valence electrons. The highest BCUT2D eigenvalue weighted by Crippen LogP contribution is 2.28. The van der Waals surface area contributed by atoms with E-state index in [1.165, 1.54) is 0 Å². The number of anilines is 3. The molecule has 6 nitrogen and oxygen atoms in total. The van der Waals surface area contributed by atoms with E-state index in [1.54, 1.807) is 42.5 Å². The highest BCUT2D eigenvalue weighted by Gasteiger charge is 2.18. The van der Waals surface area contributed by atoms with Crippen LogP contribution >= 0.6 is 11.6 Å². The quantitative estimate of drug-likeness (QED) is 0.239. The smallest absolute Gasteiger partial charge is 0.251 e. The fourth-order valence-electron chi connectivity index (χ4n) is 3.08. The number of halogens is 1. The van der Waals surface area contributed by atoms with E-state index in [1.807, 2.05) is 25.1 Å². The Morgan fingerprint density at radius 1 is 1.03 bits per heavy atom. The first-order valence-corrected chi connectivity index (χ1v) is 10.2. The number of para-hydroxylation sites is 2. The van der Waals surface area contributed by atoms with Crippen molar-refractivity contribution < 1.29 is 14.7 Å². The van der Waals surface area contributed by atoms with Crippen LogP contribution in [0, 0.1) is 6.92 Å². The molecule has 0 aliphatic carbocycles. The maximum Gasteiger partial charge on any atom is 0.251 e. The molecule has 1 amide bonds. The fraction of sp³-hybridized carbons (Fsp3) is 0.167. The number of ketones is 1. The van der Waals surface area contributed by atoms with Crippen LogP contribution in [0.1, 0.15) is 38.3 Å². The number of benzene rings is 3. The van der Waals surface area contributed by atoms with E-state index in [2.05, 4.69) is 10.6 Å². The van der Waals surface area contributed by atoms with Gasteiger partial charge in [0.15, 0.2) is 5.78 Å². The van der Waals surface area contributed by atoms with Gasteiger partial charge in [0.2, 0.25) is 0 Å². The standard InChI is InChI=1S/C24H24ClN3O3/c1-15-7-8-16(24(31)27-11-4-12-29)13-19(15)23(30)18-10-9-17(14-20(18)25)28-22-6-3-2-5-21(22)26/h2-3,5-10,13-14,28-29H,4,11-12,26H2,1H3,(H,27,31). The molecular weight excluding hydrogens is 414 g/mol. The van der Waals surface area contributed by atoms with Crippen molar-refractivity contribution in [1.82, 2.24) is 5.32 Å². The van der Waals surface area contributed by atoms with E-state index in [0.717, 1.165) is 11.3 Å². The lowest BCUT2D eigenvalue weighted by molar-refractivity contribution is 0.0951. The molecule has 0 bridgehead atoms. The van der Waals surface area contributed by atoms with Crippen molar-refractivity contribution in [3.8, 4) is 0 Å². The number of hydrogen-bond donors (Lipinski definition) is 4.